The Balaban J connectivity index is 1.24. The molecule has 0 aliphatic heterocycles. The number of benzene rings is 3. The van der Waals surface area contributed by atoms with Gasteiger partial charge in [-0.3, -0.25) is 9.59 Å². The maximum absolute atomic E-state index is 14.4. The van der Waals surface area contributed by atoms with E-state index in [0.29, 0.717) is 16.4 Å². The Kier molecular flexibility index (Phi) is 6.89. The summed E-state index contributed by atoms with van der Waals surface area (Å²) in [5.41, 5.74) is 0.784. The Morgan fingerprint density at radius 2 is 1.74 bits per heavy atom. The molecule has 2 amide bonds. The third kappa shape index (κ3) is 6.57. The van der Waals surface area contributed by atoms with Crippen molar-refractivity contribution in [3.8, 4) is 17.2 Å². The molecule has 7 nitrogen and oxygen atoms in total. The molecular weight excluding hydrogens is 526 g/mol. The van der Waals surface area contributed by atoms with Crippen molar-refractivity contribution in [2.45, 2.75) is 25.6 Å². The zero-order valence-electron chi connectivity index (χ0n) is 19.5. The molecule has 0 unspecified atom stereocenters. The van der Waals surface area contributed by atoms with Crippen molar-refractivity contribution in [2.75, 3.05) is 10.6 Å². The number of fused-ring (bicyclic) bond motifs is 1. The Morgan fingerprint density at radius 1 is 0.974 bits per heavy atom. The highest BCUT2D eigenvalue weighted by Crippen LogP contribution is 2.34. The molecule has 0 radical (unpaired) electrons. The average molecular weight is 546 g/mol. The summed E-state index contributed by atoms with van der Waals surface area (Å²) in [6, 6.07) is 13.9. The lowest BCUT2D eigenvalue weighted by atomic mass is 10.1. The molecule has 196 valence electrons. The van der Waals surface area contributed by atoms with Crippen molar-refractivity contribution in [3.63, 3.8) is 0 Å². The smallest absolute Gasteiger partial charge is 0.457 e. The Hall–Kier alpha value is -4.19. The van der Waals surface area contributed by atoms with Crippen molar-refractivity contribution in [1.29, 1.82) is 0 Å². The van der Waals surface area contributed by atoms with E-state index in [0.717, 1.165) is 35.7 Å². The second kappa shape index (κ2) is 10.3. The van der Waals surface area contributed by atoms with Crippen molar-refractivity contribution < 1.29 is 36.6 Å². The molecule has 0 atom stereocenters. The summed E-state index contributed by atoms with van der Waals surface area (Å²) in [6.07, 6.45) is -3.39. The van der Waals surface area contributed by atoms with Gasteiger partial charge in [0.15, 0.2) is 5.13 Å². The van der Waals surface area contributed by atoms with E-state index < -0.39 is 23.8 Å². The summed E-state index contributed by atoms with van der Waals surface area (Å²) in [5, 5.41) is 5.72. The summed E-state index contributed by atoms with van der Waals surface area (Å²) >= 11 is 1.30. The molecule has 2 N–H and O–H groups in total. The fourth-order valence-electron chi connectivity index (χ4n) is 3.61. The molecule has 1 fully saturated rings. The number of hydrogen-bond acceptors (Lipinski definition) is 6. The zero-order chi connectivity index (χ0) is 26.9. The van der Waals surface area contributed by atoms with E-state index in [9.17, 15) is 27.2 Å². The first-order valence-electron chi connectivity index (χ1n) is 11.4. The number of halogens is 4. The van der Waals surface area contributed by atoms with Gasteiger partial charge in [0.2, 0.25) is 11.8 Å². The van der Waals surface area contributed by atoms with E-state index in [1.807, 2.05) is 0 Å². The van der Waals surface area contributed by atoms with E-state index in [-0.39, 0.29) is 35.2 Å². The summed E-state index contributed by atoms with van der Waals surface area (Å²) in [7, 11) is 0. The first-order valence-corrected chi connectivity index (χ1v) is 12.3. The van der Waals surface area contributed by atoms with Gasteiger partial charge >= 0.3 is 6.36 Å². The third-order valence-electron chi connectivity index (χ3n) is 5.48. The number of ether oxygens (including phenoxy) is 2. The van der Waals surface area contributed by atoms with Crippen LogP contribution >= 0.6 is 11.3 Å². The van der Waals surface area contributed by atoms with Crippen molar-refractivity contribution in [3.05, 3.63) is 72.0 Å². The number of thiazole rings is 1. The number of nitrogens with one attached hydrogen (secondary N) is 2. The number of carbonyl (C=O) groups is 2. The van der Waals surface area contributed by atoms with Crippen LogP contribution in [0.3, 0.4) is 0 Å². The number of nitrogens with zero attached hydrogens (tertiary/aromatic N) is 1. The summed E-state index contributed by atoms with van der Waals surface area (Å²) < 4.78 is 62.2. The molecule has 4 aromatic rings. The van der Waals surface area contributed by atoms with E-state index in [1.165, 1.54) is 35.6 Å². The van der Waals surface area contributed by atoms with Crippen LogP contribution in [0.2, 0.25) is 0 Å². The van der Waals surface area contributed by atoms with E-state index in [4.69, 9.17) is 4.74 Å². The van der Waals surface area contributed by atoms with Gasteiger partial charge in [-0.2, -0.15) is 0 Å². The molecule has 5 rings (SSSR count). The monoisotopic (exact) mass is 545 g/mol. The van der Waals surface area contributed by atoms with Gasteiger partial charge in [0, 0.05) is 18.1 Å². The van der Waals surface area contributed by atoms with Gasteiger partial charge in [-0.05, 0) is 54.8 Å². The quantitative estimate of drug-likeness (QED) is 0.242. The predicted molar refractivity (Wildman–Crippen MR) is 133 cm³/mol. The van der Waals surface area contributed by atoms with Crippen molar-refractivity contribution >= 4 is 44.2 Å². The van der Waals surface area contributed by atoms with Crippen LogP contribution in [0.4, 0.5) is 28.4 Å². The largest absolute Gasteiger partial charge is 0.573 e. The molecule has 1 aliphatic carbocycles. The molecule has 3 aromatic carbocycles. The van der Waals surface area contributed by atoms with Crippen LogP contribution in [0.5, 0.6) is 17.2 Å². The van der Waals surface area contributed by atoms with Gasteiger partial charge in [0.25, 0.3) is 0 Å². The molecule has 1 aliphatic rings. The molecule has 38 heavy (non-hydrogen) atoms. The minimum absolute atomic E-state index is 0.0382. The van der Waals surface area contributed by atoms with E-state index in [2.05, 4.69) is 20.4 Å². The second-order valence-corrected chi connectivity index (χ2v) is 9.61. The number of hydrogen-bond donors (Lipinski definition) is 2. The van der Waals surface area contributed by atoms with Gasteiger partial charge < -0.3 is 20.1 Å². The first-order chi connectivity index (χ1) is 18.1. The maximum Gasteiger partial charge on any atom is 0.573 e. The number of alkyl halides is 3. The molecule has 1 aromatic heterocycles. The minimum Gasteiger partial charge on any atom is -0.457 e. The molecule has 1 saturated carbocycles. The fraction of sp³-hybridized carbons (Fsp3) is 0.192. The van der Waals surface area contributed by atoms with Gasteiger partial charge in [0.05, 0.1) is 22.3 Å². The number of carbonyl (C=O) groups excluding carboxylic acids is 2. The van der Waals surface area contributed by atoms with Gasteiger partial charge in [-0.1, -0.05) is 23.5 Å². The SMILES string of the molecule is O=C(Cc1cccc(OC(F)(F)F)c1)Nc1cc(Oc2ccc3nc(NC(=O)C4CC4)sc3c2)ccc1F. The number of rotatable bonds is 8. The van der Waals surface area contributed by atoms with Crippen LogP contribution in [0.15, 0.2) is 60.7 Å². The molecule has 12 heteroatoms. The lowest BCUT2D eigenvalue weighted by Gasteiger charge is -2.11. The summed E-state index contributed by atoms with van der Waals surface area (Å²) in [6.45, 7) is 0. The van der Waals surface area contributed by atoms with E-state index in [1.54, 1.807) is 18.2 Å². The zero-order valence-corrected chi connectivity index (χ0v) is 20.3. The number of aromatic nitrogens is 1. The van der Waals surface area contributed by atoms with Crippen LogP contribution in [-0.2, 0) is 16.0 Å². The average Bonchev–Trinajstić information content (AvgIpc) is 3.61. The highest BCUT2D eigenvalue weighted by atomic mass is 32.1. The highest BCUT2D eigenvalue weighted by Gasteiger charge is 2.31. The third-order valence-corrected chi connectivity index (χ3v) is 6.42. The van der Waals surface area contributed by atoms with Crippen LogP contribution < -0.4 is 20.1 Å². The lowest BCUT2D eigenvalue weighted by molar-refractivity contribution is -0.274. The van der Waals surface area contributed by atoms with Gasteiger partial charge in [0.1, 0.15) is 23.1 Å². The highest BCUT2D eigenvalue weighted by molar-refractivity contribution is 7.22. The lowest BCUT2D eigenvalue weighted by Crippen LogP contribution is -2.18. The maximum atomic E-state index is 14.4. The van der Waals surface area contributed by atoms with Gasteiger partial charge in [-0.25, -0.2) is 9.37 Å². The number of anilines is 2. The summed E-state index contributed by atoms with van der Waals surface area (Å²) in [4.78, 5) is 28.8. The van der Waals surface area contributed by atoms with Crippen LogP contribution in [-0.4, -0.2) is 23.2 Å². The molecule has 0 bridgehead atoms. The molecule has 0 saturated heterocycles. The Bertz CT molecular complexity index is 1520. The van der Waals surface area contributed by atoms with Crippen LogP contribution in [0.1, 0.15) is 18.4 Å². The minimum atomic E-state index is -4.86. The summed E-state index contributed by atoms with van der Waals surface area (Å²) in [5.74, 6) is -1.11. The van der Waals surface area contributed by atoms with Crippen LogP contribution in [0, 0.1) is 11.7 Å². The van der Waals surface area contributed by atoms with Crippen molar-refractivity contribution in [2.24, 2.45) is 5.92 Å². The molecule has 1 heterocycles. The van der Waals surface area contributed by atoms with Crippen molar-refractivity contribution in [1.82, 2.24) is 4.98 Å². The molecular formula is C26H19F4N3O4S. The Labute approximate surface area is 217 Å². The van der Waals surface area contributed by atoms with Crippen LogP contribution in [0.25, 0.3) is 10.2 Å². The van der Waals surface area contributed by atoms with E-state index >= 15 is 0 Å². The topological polar surface area (TPSA) is 89.6 Å². The standard InChI is InChI=1S/C26H19F4N3O4S/c27-19-8-6-16(12-21(19)31-23(34)11-14-2-1-3-18(10-14)37-26(28,29)30)36-17-7-9-20-22(13-17)38-25(32-20)33-24(35)15-4-5-15/h1-3,6-10,12-13,15H,4-5,11H2,(H,31,34)(H,32,33,35). The van der Waals surface area contributed by atoms with Gasteiger partial charge in [-0.15, -0.1) is 13.2 Å². The predicted octanol–water partition coefficient (Wildman–Crippen LogP) is 6.66. The number of amides is 2. The normalized spacial score (nSPS) is 13.3. The molecule has 0 spiro atoms. The fourth-order valence-corrected chi connectivity index (χ4v) is 4.50. The first kappa shape index (κ1) is 25.5. The second-order valence-electron chi connectivity index (χ2n) is 8.58. The Morgan fingerprint density at radius 3 is 2.50 bits per heavy atom.